The molecule has 0 aromatic rings. The van der Waals surface area contributed by atoms with Crippen LogP contribution < -0.4 is 5.32 Å². The zero-order chi connectivity index (χ0) is 25.5. The van der Waals surface area contributed by atoms with E-state index in [9.17, 15) is 9.59 Å². The van der Waals surface area contributed by atoms with E-state index in [1.54, 1.807) is 0 Å². The number of carbonyl (C=O) groups is 2. The molecule has 3 atom stereocenters. The minimum Gasteiger partial charge on any atom is -0.463 e. The standard InChI is InChI=1S/C28H49NO6/c1-27(2)11-12-28(3,4)24-19-22(9-10-23(24)27)29-25(31)20-5-7-21(8-6-20)26(32)35-18-17-34-16-15-33-14-13-30/h20-24,30H,5-19H2,1-4H3,(H,29,31). The summed E-state index contributed by atoms with van der Waals surface area (Å²) in [4.78, 5) is 25.4. The van der Waals surface area contributed by atoms with Crippen LogP contribution in [0.4, 0.5) is 0 Å². The van der Waals surface area contributed by atoms with Crippen LogP contribution >= 0.6 is 0 Å². The second-order valence-electron chi connectivity index (χ2n) is 12.4. The molecular formula is C28H49NO6. The van der Waals surface area contributed by atoms with Crippen molar-refractivity contribution in [3.63, 3.8) is 0 Å². The molecule has 1 amide bonds. The molecule has 3 aliphatic carbocycles. The van der Waals surface area contributed by atoms with Gasteiger partial charge in [0.25, 0.3) is 0 Å². The Hall–Kier alpha value is -1.18. The highest BCUT2D eigenvalue weighted by molar-refractivity contribution is 5.79. The van der Waals surface area contributed by atoms with E-state index in [1.165, 1.54) is 19.3 Å². The van der Waals surface area contributed by atoms with Gasteiger partial charge in [-0.1, -0.05) is 27.7 Å². The van der Waals surface area contributed by atoms with Gasteiger partial charge in [-0.25, -0.2) is 0 Å². The third-order valence-electron chi connectivity index (χ3n) is 9.13. The number of hydrogen-bond acceptors (Lipinski definition) is 6. The predicted molar refractivity (Wildman–Crippen MR) is 135 cm³/mol. The first kappa shape index (κ1) is 28.4. The number of aliphatic hydroxyl groups is 1. The molecule has 7 heteroatoms. The molecule has 3 fully saturated rings. The number of nitrogens with one attached hydrogen (secondary N) is 1. The monoisotopic (exact) mass is 495 g/mol. The lowest BCUT2D eigenvalue weighted by Crippen LogP contribution is -2.52. The summed E-state index contributed by atoms with van der Waals surface area (Å²) in [5.74, 6) is 1.33. The minimum atomic E-state index is -0.176. The average molecular weight is 496 g/mol. The van der Waals surface area contributed by atoms with Crippen LogP contribution in [-0.4, -0.2) is 62.7 Å². The number of ether oxygens (including phenoxy) is 3. The van der Waals surface area contributed by atoms with Crippen molar-refractivity contribution >= 4 is 11.9 Å². The Kier molecular flexibility index (Phi) is 10.4. The number of esters is 1. The Morgan fingerprint density at radius 2 is 1.34 bits per heavy atom. The first-order chi connectivity index (χ1) is 16.6. The van der Waals surface area contributed by atoms with Gasteiger partial charge in [-0.05, 0) is 80.5 Å². The Balaban J connectivity index is 1.34. The number of hydrogen-bond donors (Lipinski definition) is 2. The Labute approximate surface area is 212 Å². The van der Waals surface area contributed by atoms with Crippen LogP contribution in [0.15, 0.2) is 0 Å². The molecule has 2 N–H and O–H groups in total. The van der Waals surface area contributed by atoms with Crippen molar-refractivity contribution in [3.8, 4) is 0 Å². The van der Waals surface area contributed by atoms with Gasteiger partial charge in [0.2, 0.25) is 5.91 Å². The Morgan fingerprint density at radius 3 is 2.00 bits per heavy atom. The van der Waals surface area contributed by atoms with E-state index in [2.05, 4.69) is 33.0 Å². The third-order valence-corrected chi connectivity index (χ3v) is 9.13. The van der Waals surface area contributed by atoms with Crippen LogP contribution in [0.3, 0.4) is 0 Å². The zero-order valence-corrected chi connectivity index (χ0v) is 22.5. The molecule has 0 saturated heterocycles. The number of rotatable bonds is 11. The summed E-state index contributed by atoms with van der Waals surface area (Å²) in [6.07, 6.45) is 8.90. The van der Waals surface area contributed by atoms with E-state index in [0.717, 1.165) is 31.6 Å². The molecule has 0 radical (unpaired) electrons. The number of aliphatic hydroxyl groups excluding tert-OH is 1. The second kappa shape index (κ2) is 12.9. The largest absolute Gasteiger partial charge is 0.463 e. The van der Waals surface area contributed by atoms with Gasteiger partial charge in [-0.2, -0.15) is 0 Å². The SMILES string of the molecule is CC1(C)CCC(C)(C)C2CC(NC(=O)C3CCC(C(=O)OCCOCCOCCO)CC3)CCC21. The smallest absolute Gasteiger partial charge is 0.309 e. The van der Waals surface area contributed by atoms with Gasteiger partial charge in [0.1, 0.15) is 6.61 Å². The van der Waals surface area contributed by atoms with Crippen molar-refractivity contribution in [2.45, 2.75) is 91.5 Å². The molecule has 0 aromatic carbocycles. The van der Waals surface area contributed by atoms with E-state index in [0.29, 0.717) is 56.0 Å². The summed E-state index contributed by atoms with van der Waals surface area (Å²) in [7, 11) is 0. The summed E-state index contributed by atoms with van der Waals surface area (Å²) in [5, 5.41) is 12.0. The van der Waals surface area contributed by atoms with Crippen molar-refractivity contribution in [2.75, 3.05) is 39.6 Å². The molecule has 0 aliphatic heterocycles. The van der Waals surface area contributed by atoms with Crippen molar-refractivity contribution in [2.24, 2.45) is 34.5 Å². The van der Waals surface area contributed by atoms with Crippen molar-refractivity contribution in [3.05, 3.63) is 0 Å². The first-order valence-electron chi connectivity index (χ1n) is 13.9. The highest BCUT2D eigenvalue weighted by Crippen LogP contribution is 2.57. The minimum absolute atomic E-state index is 0.000181. The molecule has 3 saturated carbocycles. The van der Waals surface area contributed by atoms with E-state index >= 15 is 0 Å². The van der Waals surface area contributed by atoms with E-state index < -0.39 is 0 Å². The summed E-state index contributed by atoms with van der Waals surface area (Å²) in [6.45, 7) is 11.4. The highest BCUT2D eigenvalue weighted by Gasteiger charge is 2.50. The molecule has 35 heavy (non-hydrogen) atoms. The zero-order valence-electron chi connectivity index (χ0n) is 22.5. The summed E-state index contributed by atoms with van der Waals surface area (Å²) in [6, 6.07) is 0.286. The van der Waals surface area contributed by atoms with Crippen LogP contribution in [0.1, 0.15) is 85.5 Å². The molecule has 0 aromatic heterocycles. The van der Waals surface area contributed by atoms with Crippen LogP contribution in [0, 0.1) is 34.5 Å². The first-order valence-corrected chi connectivity index (χ1v) is 13.9. The van der Waals surface area contributed by atoms with Gasteiger partial charge in [0.05, 0.1) is 39.0 Å². The molecule has 3 unspecified atom stereocenters. The topological polar surface area (TPSA) is 94.1 Å². The Bertz CT molecular complexity index is 685. The summed E-state index contributed by atoms with van der Waals surface area (Å²) < 4.78 is 15.8. The van der Waals surface area contributed by atoms with Gasteiger partial charge in [-0.15, -0.1) is 0 Å². The van der Waals surface area contributed by atoms with Crippen molar-refractivity contribution in [1.29, 1.82) is 0 Å². The van der Waals surface area contributed by atoms with Crippen molar-refractivity contribution in [1.82, 2.24) is 5.32 Å². The van der Waals surface area contributed by atoms with Crippen molar-refractivity contribution < 1.29 is 28.9 Å². The molecule has 202 valence electrons. The molecule has 3 aliphatic rings. The maximum atomic E-state index is 13.1. The average Bonchev–Trinajstić information content (AvgIpc) is 2.83. The fraction of sp³-hybridized carbons (Fsp3) is 0.929. The fourth-order valence-corrected chi connectivity index (χ4v) is 6.73. The summed E-state index contributed by atoms with van der Waals surface area (Å²) in [5.41, 5.74) is 0.754. The van der Waals surface area contributed by atoms with Crippen LogP contribution in [0.25, 0.3) is 0 Å². The highest BCUT2D eigenvalue weighted by atomic mass is 16.6. The maximum Gasteiger partial charge on any atom is 0.309 e. The fourth-order valence-electron chi connectivity index (χ4n) is 6.73. The second-order valence-corrected chi connectivity index (χ2v) is 12.4. The quantitative estimate of drug-likeness (QED) is 0.331. The lowest BCUT2D eigenvalue weighted by Gasteiger charge is -2.56. The van der Waals surface area contributed by atoms with Gasteiger partial charge in [0.15, 0.2) is 0 Å². The maximum absolute atomic E-state index is 13.1. The van der Waals surface area contributed by atoms with E-state index in [4.69, 9.17) is 19.3 Å². The predicted octanol–water partition coefficient (Wildman–Crippen LogP) is 4.11. The normalized spacial score (nSPS) is 31.9. The molecule has 0 bridgehead atoms. The van der Waals surface area contributed by atoms with Gasteiger partial charge >= 0.3 is 5.97 Å². The lowest BCUT2D eigenvalue weighted by molar-refractivity contribution is -0.152. The number of carbonyl (C=O) groups excluding carboxylic acids is 2. The molecular weight excluding hydrogens is 446 g/mol. The van der Waals surface area contributed by atoms with Crippen LogP contribution in [0.2, 0.25) is 0 Å². The molecule has 7 nitrogen and oxygen atoms in total. The Morgan fingerprint density at radius 1 is 0.771 bits per heavy atom. The number of amides is 1. The lowest BCUT2D eigenvalue weighted by atomic mass is 9.50. The van der Waals surface area contributed by atoms with Crippen LogP contribution in [0.5, 0.6) is 0 Å². The molecule has 0 spiro atoms. The van der Waals surface area contributed by atoms with Gasteiger partial charge in [-0.3, -0.25) is 9.59 Å². The molecule has 0 heterocycles. The van der Waals surface area contributed by atoms with Gasteiger partial charge < -0.3 is 24.6 Å². The molecule has 3 rings (SSSR count). The van der Waals surface area contributed by atoms with Gasteiger partial charge in [0, 0.05) is 12.0 Å². The van der Waals surface area contributed by atoms with E-state index in [-0.39, 0.29) is 43.0 Å². The third kappa shape index (κ3) is 7.90. The van der Waals surface area contributed by atoms with Crippen LogP contribution in [-0.2, 0) is 23.8 Å². The van der Waals surface area contributed by atoms with E-state index in [1.807, 2.05) is 0 Å². The summed E-state index contributed by atoms with van der Waals surface area (Å²) >= 11 is 0. The number of fused-ring (bicyclic) bond motifs is 1.